The highest BCUT2D eigenvalue weighted by Gasteiger charge is 2.35. The van der Waals surface area contributed by atoms with Crippen molar-refractivity contribution in [3.63, 3.8) is 0 Å². The molecule has 0 amide bonds. The van der Waals surface area contributed by atoms with Gasteiger partial charge in [-0.15, -0.1) is 0 Å². The van der Waals surface area contributed by atoms with Crippen LogP contribution in [-0.4, -0.2) is 27.3 Å². The second-order valence-electron chi connectivity index (χ2n) is 4.79. The number of benzene rings is 1. The third-order valence-electron chi connectivity index (χ3n) is 3.36. The van der Waals surface area contributed by atoms with Crippen LogP contribution in [0.5, 0.6) is 0 Å². The number of sulfonamides is 1. The summed E-state index contributed by atoms with van der Waals surface area (Å²) >= 11 is 0. The van der Waals surface area contributed by atoms with Gasteiger partial charge >= 0.3 is 0 Å². The lowest BCUT2D eigenvalue weighted by Crippen LogP contribution is -2.51. The number of rotatable bonds is 1. The highest BCUT2D eigenvalue weighted by molar-refractivity contribution is 7.89. The molecular formula is C12H16N2O3S. The third kappa shape index (κ3) is 2.00. The van der Waals surface area contributed by atoms with E-state index >= 15 is 0 Å². The molecule has 0 aromatic heterocycles. The second-order valence-corrected chi connectivity index (χ2v) is 6.48. The monoisotopic (exact) mass is 268 g/mol. The summed E-state index contributed by atoms with van der Waals surface area (Å²) in [7, 11) is -3.44. The molecule has 6 heteroatoms. The number of ether oxygens (including phenoxy) is 1. The van der Waals surface area contributed by atoms with E-state index in [1.54, 1.807) is 6.07 Å². The molecule has 0 spiro atoms. The summed E-state index contributed by atoms with van der Waals surface area (Å²) in [5.41, 5.74) is 1.58. The van der Waals surface area contributed by atoms with E-state index in [-0.39, 0.29) is 12.3 Å². The molecule has 0 radical (unpaired) electrons. The molecular weight excluding hydrogens is 252 g/mol. The molecule has 2 atom stereocenters. The van der Waals surface area contributed by atoms with Crippen LogP contribution in [0.1, 0.15) is 18.4 Å². The Hall–Kier alpha value is -1.11. The predicted molar refractivity (Wildman–Crippen MR) is 67.9 cm³/mol. The van der Waals surface area contributed by atoms with Gasteiger partial charge in [-0.3, -0.25) is 0 Å². The topological polar surface area (TPSA) is 67.4 Å². The number of hydrogen-bond acceptors (Lipinski definition) is 4. The Kier molecular flexibility index (Phi) is 2.80. The first kappa shape index (κ1) is 12.0. The highest BCUT2D eigenvalue weighted by atomic mass is 32.2. The van der Waals surface area contributed by atoms with Crippen molar-refractivity contribution in [1.82, 2.24) is 4.72 Å². The molecule has 1 saturated heterocycles. The van der Waals surface area contributed by atoms with Crippen LogP contribution in [0.2, 0.25) is 0 Å². The molecule has 1 aromatic rings. The molecule has 18 heavy (non-hydrogen) atoms. The van der Waals surface area contributed by atoms with E-state index < -0.39 is 10.0 Å². The summed E-state index contributed by atoms with van der Waals surface area (Å²) in [6.07, 6.45) is 1.40. The standard InChI is InChI=1S/C12H16N2O3S/c1-8-4-5-9-11(7-8)18(15,16)14-12(13-9)10-3-2-6-17-10/h4-5,7,10,12-14H,2-3,6H2,1H3. The van der Waals surface area contributed by atoms with Crippen LogP contribution in [0, 0.1) is 6.92 Å². The zero-order valence-electron chi connectivity index (χ0n) is 10.1. The number of fused-ring (bicyclic) bond motifs is 1. The van der Waals surface area contributed by atoms with Crippen LogP contribution in [0.4, 0.5) is 5.69 Å². The molecule has 0 bridgehead atoms. The molecule has 1 fully saturated rings. The lowest BCUT2D eigenvalue weighted by atomic mass is 10.1. The Balaban J connectivity index is 1.97. The summed E-state index contributed by atoms with van der Waals surface area (Å²) in [6.45, 7) is 2.58. The molecule has 5 nitrogen and oxygen atoms in total. The molecule has 0 saturated carbocycles. The minimum absolute atomic E-state index is 0.0887. The third-order valence-corrected chi connectivity index (χ3v) is 4.84. The zero-order chi connectivity index (χ0) is 12.8. The van der Waals surface area contributed by atoms with Crippen molar-refractivity contribution in [2.45, 2.75) is 36.9 Å². The van der Waals surface area contributed by atoms with E-state index in [4.69, 9.17) is 4.74 Å². The Labute approximate surface area is 107 Å². The van der Waals surface area contributed by atoms with Gasteiger partial charge in [0, 0.05) is 6.61 Å². The molecule has 2 unspecified atom stereocenters. The minimum Gasteiger partial charge on any atom is -0.375 e. The largest absolute Gasteiger partial charge is 0.375 e. The Bertz CT molecular complexity index is 565. The first-order chi connectivity index (χ1) is 8.56. The molecule has 0 aliphatic carbocycles. The van der Waals surface area contributed by atoms with Crippen molar-refractivity contribution in [2.75, 3.05) is 11.9 Å². The van der Waals surface area contributed by atoms with Crippen LogP contribution in [-0.2, 0) is 14.8 Å². The maximum Gasteiger partial charge on any atom is 0.244 e. The Morgan fingerprint density at radius 3 is 2.94 bits per heavy atom. The average Bonchev–Trinajstić information content (AvgIpc) is 2.83. The quantitative estimate of drug-likeness (QED) is 0.803. The van der Waals surface area contributed by atoms with E-state index in [2.05, 4.69) is 10.0 Å². The summed E-state index contributed by atoms with van der Waals surface area (Å²) in [5.74, 6) is 0. The fraction of sp³-hybridized carbons (Fsp3) is 0.500. The van der Waals surface area contributed by atoms with E-state index in [0.29, 0.717) is 17.2 Å². The lowest BCUT2D eigenvalue weighted by Gasteiger charge is -2.31. The molecule has 3 rings (SSSR count). The number of anilines is 1. The van der Waals surface area contributed by atoms with Gasteiger partial charge < -0.3 is 10.1 Å². The van der Waals surface area contributed by atoms with Crippen molar-refractivity contribution in [2.24, 2.45) is 0 Å². The van der Waals surface area contributed by atoms with Crippen LogP contribution in [0.15, 0.2) is 23.1 Å². The van der Waals surface area contributed by atoms with Gasteiger partial charge in [-0.1, -0.05) is 6.07 Å². The number of nitrogens with one attached hydrogen (secondary N) is 2. The van der Waals surface area contributed by atoms with Gasteiger partial charge in [0.25, 0.3) is 0 Å². The normalized spacial score (nSPS) is 29.6. The summed E-state index contributed by atoms with van der Waals surface area (Å²) < 4.78 is 32.6. The smallest absolute Gasteiger partial charge is 0.244 e. The fourth-order valence-electron chi connectivity index (χ4n) is 2.43. The van der Waals surface area contributed by atoms with Gasteiger partial charge in [0.05, 0.1) is 11.8 Å². The maximum absolute atomic E-state index is 12.2. The summed E-state index contributed by atoms with van der Waals surface area (Å²) in [6, 6.07) is 5.39. The first-order valence-electron chi connectivity index (χ1n) is 6.07. The van der Waals surface area contributed by atoms with Gasteiger partial charge in [-0.25, -0.2) is 8.42 Å². The van der Waals surface area contributed by atoms with Gasteiger partial charge in [0.15, 0.2) is 0 Å². The van der Waals surface area contributed by atoms with Gasteiger partial charge in [-0.2, -0.15) is 4.72 Å². The summed E-state index contributed by atoms with van der Waals surface area (Å²) in [4.78, 5) is 0.316. The van der Waals surface area contributed by atoms with Crippen LogP contribution in [0.25, 0.3) is 0 Å². The SMILES string of the molecule is Cc1ccc2c(c1)S(=O)(=O)NC(C1CCCO1)N2. The van der Waals surface area contributed by atoms with E-state index in [1.807, 2.05) is 19.1 Å². The van der Waals surface area contributed by atoms with Crippen molar-refractivity contribution >= 4 is 15.7 Å². The van der Waals surface area contributed by atoms with E-state index in [0.717, 1.165) is 18.4 Å². The molecule has 98 valence electrons. The predicted octanol–water partition coefficient (Wildman–Crippen LogP) is 1.20. The van der Waals surface area contributed by atoms with Crippen molar-refractivity contribution in [1.29, 1.82) is 0 Å². The Morgan fingerprint density at radius 1 is 1.39 bits per heavy atom. The summed E-state index contributed by atoms with van der Waals surface area (Å²) in [5, 5.41) is 3.21. The highest BCUT2D eigenvalue weighted by Crippen LogP contribution is 2.29. The van der Waals surface area contributed by atoms with E-state index in [9.17, 15) is 8.42 Å². The fourth-order valence-corrected chi connectivity index (χ4v) is 3.86. The van der Waals surface area contributed by atoms with E-state index in [1.165, 1.54) is 0 Å². The van der Waals surface area contributed by atoms with Gasteiger partial charge in [-0.05, 0) is 37.5 Å². The Morgan fingerprint density at radius 2 is 2.22 bits per heavy atom. The first-order valence-corrected chi connectivity index (χ1v) is 7.56. The molecule has 2 N–H and O–H groups in total. The van der Waals surface area contributed by atoms with Crippen molar-refractivity contribution < 1.29 is 13.2 Å². The van der Waals surface area contributed by atoms with Crippen LogP contribution < -0.4 is 10.0 Å². The number of aryl methyl sites for hydroxylation is 1. The minimum atomic E-state index is -3.44. The maximum atomic E-state index is 12.2. The average molecular weight is 268 g/mol. The molecule has 1 aromatic carbocycles. The molecule has 2 aliphatic heterocycles. The lowest BCUT2D eigenvalue weighted by molar-refractivity contribution is 0.0919. The molecule has 2 aliphatic rings. The van der Waals surface area contributed by atoms with Crippen LogP contribution in [0.3, 0.4) is 0 Å². The molecule has 2 heterocycles. The van der Waals surface area contributed by atoms with Gasteiger partial charge in [0.1, 0.15) is 11.1 Å². The second kappa shape index (κ2) is 4.22. The van der Waals surface area contributed by atoms with Crippen LogP contribution >= 0.6 is 0 Å². The number of hydrogen-bond donors (Lipinski definition) is 2. The van der Waals surface area contributed by atoms with Gasteiger partial charge in [0.2, 0.25) is 10.0 Å². The van der Waals surface area contributed by atoms with Crippen molar-refractivity contribution in [3.05, 3.63) is 23.8 Å². The van der Waals surface area contributed by atoms with Crippen molar-refractivity contribution in [3.8, 4) is 0 Å². The zero-order valence-corrected chi connectivity index (χ0v) is 11.0.